The van der Waals surface area contributed by atoms with E-state index in [2.05, 4.69) is 17.0 Å². The number of aliphatic hydroxyl groups is 1. The van der Waals surface area contributed by atoms with Crippen LogP contribution in [0.15, 0.2) is 30.6 Å². The zero-order valence-electron chi connectivity index (χ0n) is 14.6. The fraction of sp³-hybridized carbons (Fsp3) is 0.500. The average Bonchev–Trinajstić information content (AvgIpc) is 2.96. The van der Waals surface area contributed by atoms with Crippen molar-refractivity contribution < 1.29 is 9.90 Å². The third kappa shape index (κ3) is 4.20. The lowest BCUT2D eigenvalue weighted by Gasteiger charge is -2.29. The number of hydrogen-bond donors (Lipinski definition) is 1. The lowest BCUT2D eigenvalue weighted by atomic mass is 10.1. The molecule has 1 amide bonds. The zero-order chi connectivity index (χ0) is 17.5. The van der Waals surface area contributed by atoms with Crippen molar-refractivity contribution >= 4 is 5.91 Å². The highest BCUT2D eigenvalue weighted by Gasteiger charge is 2.26. The van der Waals surface area contributed by atoms with Gasteiger partial charge in [0.15, 0.2) is 0 Å². The molecule has 2 aromatic heterocycles. The van der Waals surface area contributed by atoms with Gasteiger partial charge in [-0.15, -0.1) is 0 Å². The van der Waals surface area contributed by atoms with Gasteiger partial charge >= 0.3 is 0 Å². The topological polar surface area (TPSA) is 71.2 Å². The van der Waals surface area contributed by atoms with Gasteiger partial charge < -0.3 is 10.0 Å². The summed E-state index contributed by atoms with van der Waals surface area (Å²) in [6.07, 6.45) is 5.15. The maximum absolute atomic E-state index is 13.1. The zero-order valence-corrected chi connectivity index (χ0v) is 14.6. The Hall–Kier alpha value is -2.21. The molecule has 0 saturated carbocycles. The highest BCUT2D eigenvalue weighted by molar-refractivity contribution is 5.95. The molecule has 0 aromatic carbocycles. The number of hydrogen-bond acceptors (Lipinski definition) is 4. The van der Waals surface area contributed by atoms with Crippen LogP contribution in [0.1, 0.15) is 48.4 Å². The van der Waals surface area contributed by atoms with Crippen LogP contribution < -0.4 is 0 Å². The minimum Gasteiger partial charge on any atom is -0.394 e. The molecular weight excluding hydrogens is 304 g/mol. The van der Waals surface area contributed by atoms with E-state index in [0.717, 1.165) is 18.7 Å². The molecule has 1 atom stereocenters. The van der Waals surface area contributed by atoms with Gasteiger partial charge in [0.25, 0.3) is 5.91 Å². The van der Waals surface area contributed by atoms with Crippen molar-refractivity contribution in [2.24, 2.45) is 0 Å². The van der Waals surface area contributed by atoms with Gasteiger partial charge in [-0.3, -0.25) is 14.5 Å². The minimum absolute atomic E-state index is 0.0722. The molecule has 1 unspecified atom stereocenters. The van der Waals surface area contributed by atoms with Gasteiger partial charge in [-0.25, -0.2) is 0 Å². The first kappa shape index (κ1) is 18.1. The molecular formula is C18H26N4O2. The van der Waals surface area contributed by atoms with E-state index in [1.807, 2.05) is 32.0 Å². The van der Waals surface area contributed by atoms with Crippen molar-refractivity contribution in [3.63, 3.8) is 0 Å². The molecule has 0 radical (unpaired) electrons. The second-order valence-corrected chi connectivity index (χ2v) is 5.89. The summed E-state index contributed by atoms with van der Waals surface area (Å²) in [4.78, 5) is 19.1. The molecule has 6 heteroatoms. The van der Waals surface area contributed by atoms with Crippen molar-refractivity contribution in [1.29, 1.82) is 0 Å². The molecule has 2 rings (SSSR count). The normalized spacial score (nSPS) is 12.2. The second-order valence-electron chi connectivity index (χ2n) is 5.89. The largest absolute Gasteiger partial charge is 0.394 e. The Balaban J connectivity index is 2.30. The third-order valence-electron chi connectivity index (χ3n) is 4.07. The van der Waals surface area contributed by atoms with Crippen molar-refractivity contribution in [1.82, 2.24) is 19.7 Å². The standard InChI is InChI=1S/C18H26N4O2/c1-4-10-21-12-17(14(3)20-21)18(24)22(16(5-2)13-23)11-15-8-6-7-9-19-15/h6-9,12,16,23H,4-5,10-11,13H2,1-3H3. The Morgan fingerprint density at radius 3 is 2.75 bits per heavy atom. The minimum atomic E-state index is -0.242. The molecule has 24 heavy (non-hydrogen) atoms. The van der Waals surface area contributed by atoms with Crippen molar-refractivity contribution in [2.45, 2.75) is 52.7 Å². The summed E-state index contributed by atoms with van der Waals surface area (Å²) < 4.78 is 1.81. The first-order chi connectivity index (χ1) is 11.6. The number of rotatable bonds is 8. The Bertz CT molecular complexity index is 650. The Morgan fingerprint density at radius 2 is 2.17 bits per heavy atom. The van der Waals surface area contributed by atoms with Crippen molar-refractivity contribution in [3.8, 4) is 0 Å². The number of amides is 1. The van der Waals surface area contributed by atoms with E-state index in [1.165, 1.54) is 0 Å². The monoisotopic (exact) mass is 330 g/mol. The molecule has 0 aliphatic rings. The van der Waals surface area contributed by atoms with Crippen LogP contribution in [-0.4, -0.2) is 43.3 Å². The molecule has 0 bridgehead atoms. The van der Waals surface area contributed by atoms with Gasteiger partial charge in [-0.1, -0.05) is 19.9 Å². The van der Waals surface area contributed by atoms with Crippen LogP contribution in [0.4, 0.5) is 0 Å². The molecule has 1 N–H and O–H groups in total. The highest BCUT2D eigenvalue weighted by Crippen LogP contribution is 2.17. The fourth-order valence-corrected chi connectivity index (χ4v) is 2.71. The molecule has 0 fully saturated rings. The van der Waals surface area contributed by atoms with Crippen LogP contribution >= 0.6 is 0 Å². The quantitative estimate of drug-likeness (QED) is 0.807. The number of nitrogens with zero attached hydrogens (tertiary/aromatic N) is 4. The second kappa shape index (κ2) is 8.59. The predicted molar refractivity (Wildman–Crippen MR) is 92.5 cm³/mol. The van der Waals surface area contributed by atoms with Crippen molar-refractivity contribution in [3.05, 3.63) is 47.5 Å². The summed E-state index contributed by atoms with van der Waals surface area (Å²) in [5, 5.41) is 14.1. The highest BCUT2D eigenvalue weighted by atomic mass is 16.3. The first-order valence-corrected chi connectivity index (χ1v) is 8.46. The molecule has 0 saturated heterocycles. The van der Waals surface area contributed by atoms with E-state index < -0.39 is 0 Å². The first-order valence-electron chi connectivity index (χ1n) is 8.46. The molecule has 0 aliphatic carbocycles. The smallest absolute Gasteiger partial charge is 0.258 e. The van der Waals surface area contributed by atoms with Crippen LogP contribution in [-0.2, 0) is 13.1 Å². The summed E-state index contributed by atoms with van der Waals surface area (Å²) in [5.74, 6) is -0.110. The van der Waals surface area contributed by atoms with Crippen LogP contribution in [0, 0.1) is 6.92 Å². The van der Waals surface area contributed by atoms with E-state index >= 15 is 0 Å². The summed E-state index contributed by atoms with van der Waals surface area (Å²) >= 11 is 0. The summed E-state index contributed by atoms with van der Waals surface area (Å²) in [6.45, 7) is 6.97. The van der Waals surface area contributed by atoms with Crippen LogP contribution in [0.5, 0.6) is 0 Å². The number of carbonyl (C=O) groups excluding carboxylic acids is 1. The van der Waals surface area contributed by atoms with Gasteiger partial charge in [-0.2, -0.15) is 5.10 Å². The van der Waals surface area contributed by atoms with Crippen molar-refractivity contribution in [2.75, 3.05) is 6.61 Å². The lowest BCUT2D eigenvalue weighted by Crippen LogP contribution is -2.42. The summed E-state index contributed by atoms with van der Waals surface area (Å²) in [6, 6.07) is 5.39. The van der Waals surface area contributed by atoms with E-state index in [0.29, 0.717) is 24.2 Å². The molecule has 130 valence electrons. The average molecular weight is 330 g/mol. The summed E-state index contributed by atoms with van der Waals surface area (Å²) in [5.41, 5.74) is 2.11. The lowest BCUT2D eigenvalue weighted by molar-refractivity contribution is 0.0559. The number of pyridine rings is 1. The molecule has 2 aromatic rings. The molecule has 0 spiro atoms. The number of aryl methyl sites for hydroxylation is 2. The molecule has 2 heterocycles. The predicted octanol–water partition coefficient (Wildman–Crippen LogP) is 2.41. The van der Waals surface area contributed by atoms with Gasteiger partial charge in [0, 0.05) is 18.9 Å². The fourth-order valence-electron chi connectivity index (χ4n) is 2.71. The SMILES string of the molecule is CCCn1cc(C(=O)N(Cc2ccccn2)C(CC)CO)c(C)n1. The van der Waals surface area contributed by atoms with Crippen LogP contribution in [0.25, 0.3) is 0 Å². The number of aliphatic hydroxyl groups excluding tert-OH is 1. The maximum Gasteiger partial charge on any atom is 0.258 e. The molecule has 0 aliphatic heterocycles. The van der Waals surface area contributed by atoms with Crippen LogP contribution in [0.2, 0.25) is 0 Å². The number of aromatic nitrogens is 3. The van der Waals surface area contributed by atoms with Crippen LogP contribution in [0.3, 0.4) is 0 Å². The van der Waals surface area contributed by atoms with E-state index in [1.54, 1.807) is 22.0 Å². The summed E-state index contributed by atoms with van der Waals surface area (Å²) in [7, 11) is 0. The Morgan fingerprint density at radius 1 is 1.38 bits per heavy atom. The molecule has 6 nitrogen and oxygen atoms in total. The van der Waals surface area contributed by atoms with Gasteiger partial charge in [0.05, 0.1) is 36.1 Å². The number of carbonyl (C=O) groups is 1. The van der Waals surface area contributed by atoms with E-state index in [9.17, 15) is 9.90 Å². The van der Waals surface area contributed by atoms with Gasteiger partial charge in [-0.05, 0) is 31.9 Å². The third-order valence-corrected chi connectivity index (χ3v) is 4.07. The van der Waals surface area contributed by atoms with Gasteiger partial charge in [0.1, 0.15) is 0 Å². The Labute approximate surface area is 143 Å². The van der Waals surface area contributed by atoms with E-state index in [-0.39, 0.29) is 18.6 Å². The maximum atomic E-state index is 13.1. The van der Waals surface area contributed by atoms with E-state index in [4.69, 9.17) is 0 Å². The Kier molecular flexibility index (Phi) is 6.49. The van der Waals surface area contributed by atoms with Gasteiger partial charge in [0.2, 0.25) is 0 Å².